The molecule has 4 rings (SSSR count). The van der Waals surface area contributed by atoms with Crippen LogP contribution in [0.2, 0.25) is 10.0 Å². The number of urea groups is 1. The molecule has 2 fully saturated rings. The third kappa shape index (κ3) is 6.79. The van der Waals surface area contributed by atoms with Crippen molar-refractivity contribution in [2.24, 2.45) is 0 Å². The lowest BCUT2D eigenvalue weighted by atomic mass is 9.93. The minimum absolute atomic E-state index is 0.145. The standard InChI is InChI=1S/C25H28Cl2F4N4O3S/c1-32(13-16-3-5-19(22(28)11-16)25(29,30)31)23-15-34(14-18(23)17-4-6-20(26)21(27)12-17)24(36)33-7-9-35(10-8-33)39(2,37)38/h3-6,11-12,18,23H,7-10,13-15H2,1-2H3/t18-,23+/m1/s1. The number of carbonyl (C=O) groups excluding carboxylic acids is 1. The van der Waals surface area contributed by atoms with Crippen LogP contribution in [-0.4, -0.2) is 92.1 Å². The number of alkyl halides is 3. The average molecular weight is 611 g/mol. The van der Waals surface area contributed by atoms with Gasteiger partial charge >= 0.3 is 12.2 Å². The van der Waals surface area contributed by atoms with Crippen molar-refractivity contribution < 1.29 is 30.8 Å². The monoisotopic (exact) mass is 610 g/mol. The maximum atomic E-state index is 14.2. The summed E-state index contributed by atoms with van der Waals surface area (Å²) in [5, 5.41) is 0.724. The van der Waals surface area contributed by atoms with E-state index in [2.05, 4.69) is 0 Å². The molecule has 0 spiro atoms. The molecular formula is C25H28Cl2F4N4O3S. The van der Waals surface area contributed by atoms with E-state index in [0.717, 1.165) is 24.0 Å². The van der Waals surface area contributed by atoms with E-state index in [9.17, 15) is 30.8 Å². The number of benzene rings is 2. The van der Waals surface area contributed by atoms with Crippen molar-refractivity contribution in [2.75, 3.05) is 52.6 Å². The fraction of sp³-hybridized carbons (Fsp3) is 0.480. The van der Waals surface area contributed by atoms with E-state index in [1.165, 1.54) is 10.4 Å². The maximum Gasteiger partial charge on any atom is 0.419 e. The van der Waals surface area contributed by atoms with E-state index in [4.69, 9.17) is 23.2 Å². The van der Waals surface area contributed by atoms with E-state index >= 15 is 0 Å². The minimum Gasteiger partial charge on any atom is -0.322 e. The summed E-state index contributed by atoms with van der Waals surface area (Å²) in [6, 6.07) is 7.56. The third-order valence-electron chi connectivity index (χ3n) is 7.25. The van der Waals surface area contributed by atoms with Gasteiger partial charge in [0.1, 0.15) is 5.82 Å². The van der Waals surface area contributed by atoms with E-state index in [1.54, 1.807) is 29.0 Å². The van der Waals surface area contributed by atoms with Gasteiger partial charge in [0.15, 0.2) is 0 Å². The Hall–Kier alpha value is -2.12. The van der Waals surface area contributed by atoms with E-state index in [1.807, 2.05) is 11.0 Å². The molecule has 14 heteroatoms. The highest BCUT2D eigenvalue weighted by molar-refractivity contribution is 7.88. The Kier molecular flexibility index (Phi) is 8.73. The first-order valence-corrected chi connectivity index (χ1v) is 14.8. The zero-order valence-corrected chi connectivity index (χ0v) is 23.6. The highest BCUT2D eigenvalue weighted by atomic mass is 35.5. The van der Waals surface area contributed by atoms with Crippen LogP contribution in [0, 0.1) is 5.82 Å². The first-order chi connectivity index (χ1) is 18.1. The van der Waals surface area contributed by atoms with Crippen molar-refractivity contribution in [1.82, 2.24) is 19.0 Å². The van der Waals surface area contributed by atoms with E-state index in [-0.39, 0.29) is 50.7 Å². The van der Waals surface area contributed by atoms with Gasteiger partial charge in [-0.15, -0.1) is 0 Å². The van der Waals surface area contributed by atoms with Gasteiger partial charge in [-0.05, 0) is 42.4 Å². The first-order valence-electron chi connectivity index (χ1n) is 12.1. The number of rotatable bonds is 5. The normalized spacial score (nSPS) is 21.2. The molecule has 2 saturated heterocycles. The molecule has 2 aromatic carbocycles. The number of hydrogen-bond donors (Lipinski definition) is 0. The number of piperazine rings is 1. The summed E-state index contributed by atoms with van der Waals surface area (Å²) in [7, 11) is -1.58. The lowest BCUT2D eigenvalue weighted by Crippen LogP contribution is -2.53. The molecule has 2 aromatic rings. The van der Waals surface area contributed by atoms with Gasteiger partial charge in [0.05, 0.1) is 21.9 Å². The van der Waals surface area contributed by atoms with Crippen molar-refractivity contribution >= 4 is 39.3 Å². The lowest BCUT2D eigenvalue weighted by Gasteiger charge is -2.35. The van der Waals surface area contributed by atoms with Gasteiger partial charge < -0.3 is 9.80 Å². The summed E-state index contributed by atoms with van der Waals surface area (Å²) >= 11 is 12.4. The zero-order valence-electron chi connectivity index (χ0n) is 21.3. The van der Waals surface area contributed by atoms with Crippen LogP contribution in [0.15, 0.2) is 36.4 Å². The van der Waals surface area contributed by atoms with E-state index < -0.39 is 27.6 Å². The topological polar surface area (TPSA) is 64.2 Å². The van der Waals surface area contributed by atoms with Gasteiger partial charge in [0.25, 0.3) is 0 Å². The lowest BCUT2D eigenvalue weighted by molar-refractivity contribution is -0.140. The Morgan fingerprint density at radius 2 is 1.67 bits per heavy atom. The molecule has 7 nitrogen and oxygen atoms in total. The molecule has 0 radical (unpaired) electrons. The molecule has 0 saturated carbocycles. The summed E-state index contributed by atoms with van der Waals surface area (Å²) in [6.45, 7) is 1.70. The van der Waals surface area contributed by atoms with Crippen molar-refractivity contribution in [3.8, 4) is 0 Å². The van der Waals surface area contributed by atoms with Crippen molar-refractivity contribution in [1.29, 1.82) is 0 Å². The fourth-order valence-corrected chi connectivity index (χ4v) is 6.30. The predicted octanol–water partition coefficient (Wildman–Crippen LogP) is 4.75. The van der Waals surface area contributed by atoms with Crippen LogP contribution in [0.4, 0.5) is 22.4 Å². The van der Waals surface area contributed by atoms with Gasteiger partial charge in [-0.2, -0.15) is 17.5 Å². The van der Waals surface area contributed by atoms with Crippen LogP contribution in [-0.2, 0) is 22.7 Å². The number of carbonyl (C=O) groups is 1. The molecule has 0 bridgehead atoms. The average Bonchev–Trinajstić information content (AvgIpc) is 3.30. The summed E-state index contributed by atoms with van der Waals surface area (Å²) < 4.78 is 78.2. The number of halogens is 6. The van der Waals surface area contributed by atoms with Crippen LogP contribution in [0.1, 0.15) is 22.6 Å². The summed E-state index contributed by atoms with van der Waals surface area (Å²) in [6.07, 6.45) is -3.65. The molecular weight excluding hydrogens is 583 g/mol. The Bertz CT molecular complexity index is 1340. The summed E-state index contributed by atoms with van der Waals surface area (Å²) in [4.78, 5) is 18.6. The number of amides is 2. The Morgan fingerprint density at radius 3 is 2.23 bits per heavy atom. The highest BCUT2D eigenvalue weighted by Gasteiger charge is 2.41. The Balaban J connectivity index is 1.54. The maximum absolute atomic E-state index is 14.2. The highest BCUT2D eigenvalue weighted by Crippen LogP contribution is 2.36. The Morgan fingerprint density at radius 1 is 1.00 bits per heavy atom. The van der Waals surface area contributed by atoms with Gasteiger partial charge in [0, 0.05) is 57.8 Å². The molecule has 2 heterocycles. The van der Waals surface area contributed by atoms with Gasteiger partial charge in [-0.25, -0.2) is 17.6 Å². The van der Waals surface area contributed by atoms with Crippen molar-refractivity contribution in [2.45, 2.75) is 24.7 Å². The largest absolute Gasteiger partial charge is 0.419 e. The number of likely N-dealkylation sites (tertiary alicyclic amines) is 1. The van der Waals surface area contributed by atoms with Crippen LogP contribution >= 0.6 is 23.2 Å². The van der Waals surface area contributed by atoms with Crippen molar-refractivity contribution in [3.63, 3.8) is 0 Å². The molecule has 2 aliphatic heterocycles. The summed E-state index contributed by atoms with van der Waals surface area (Å²) in [5.41, 5.74) is -0.134. The number of sulfonamides is 1. The SMILES string of the molecule is CN(Cc1ccc(C(F)(F)F)c(F)c1)[C@H]1CN(C(=O)N2CCN(S(C)(=O)=O)CC2)C[C@@H]1c1ccc(Cl)c(Cl)c1. The molecule has 0 N–H and O–H groups in total. The summed E-state index contributed by atoms with van der Waals surface area (Å²) in [5.74, 6) is -1.56. The second-order valence-electron chi connectivity index (χ2n) is 9.91. The van der Waals surface area contributed by atoms with Crippen molar-refractivity contribution in [3.05, 3.63) is 69.0 Å². The van der Waals surface area contributed by atoms with Crippen LogP contribution in [0.5, 0.6) is 0 Å². The van der Waals surface area contributed by atoms with Gasteiger partial charge in [-0.3, -0.25) is 4.90 Å². The second-order valence-corrected chi connectivity index (χ2v) is 12.7. The Labute approximate surface area is 234 Å². The van der Waals surface area contributed by atoms with Gasteiger partial charge in [-0.1, -0.05) is 35.3 Å². The first kappa shape index (κ1) is 29.9. The third-order valence-corrected chi connectivity index (χ3v) is 9.29. The smallest absolute Gasteiger partial charge is 0.322 e. The number of hydrogen-bond acceptors (Lipinski definition) is 4. The molecule has 0 aliphatic carbocycles. The van der Waals surface area contributed by atoms with Crippen LogP contribution in [0.3, 0.4) is 0 Å². The van der Waals surface area contributed by atoms with Crippen LogP contribution in [0.25, 0.3) is 0 Å². The number of nitrogens with zero attached hydrogens (tertiary/aromatic N) is 4. The minimum atomic E-state index is -4.79. The molecule has 214 valence electrons. The van der Waals surface area contributed by atoms with Crippen LogP contribution < -0.4 is 0 Å². The fourth-order valence-electron chi connectivity index (χ4n) is 5.16. The molecule has 39 heavy (non-hydrogen) atoms. The quantitative estimate of drug-likeness (QED) is 0.459. The molecule has 0 aromatic heterocycles. The van der Waals surface area contributed by atoms with E-state index in [0.29, 0.717) is 28.7 Å². The molecule has 2 atom stereocenters. The second kappa shape index (κ2) is 11.4. The number of likely N-dealkylation sites (N-methyl/N-ethyl adjacent to an activating group) is 1. The molecule has 2 aliphatic rings. The predicted molar refractivity (Wildman–Crippen MR) is 141 cm³/mol. The zero-order chi connectivity index (χ0) is 28.7. The molecule has 2 amide bonds. The van der Waals surface area contributed by atoms with Gasteiger partial charge in [0.2, 0.25) is 10.0 Å². The molecule has 0 unspecified atom stereocenters.